The Hall–Kier alpha value is -0.795. The second-order valence-electron chi connectivity index (χ2n) is 3.24. The van der Waals surface area contributed by atoms with Crippen LogP contribution in [0.15, 0.2) is 15.0 Å². The van der Waals surface area contributed by atoms with Crippen molar-refractivity contribution in [2.24, 2.45) is 0 Å². The fourth-order valence-corrected chi connectivity index (χ4v) is 2.46. The lowest BCUT2D eigenvalue weighted by Gasteiger charge is -2.04. The van der Waals surface area contributed by atoms with Gasteiger partial charge in [0.25, 0.3) is 0 Å². The van der Waals surface area contributed by atoms with Gasteiger partial charge in [-0.3, -0.25) is 0 Å². The number of rotatable bonds is 1. The van der Waals surface area contributed by atoms with Gasteiger partial charge in [0.05, 0.1) is 21.3 Å². The minimum Gasteiger partial charge on any atom is -0.338 e. The van der Waals surface area contributed by atoms with Crippen LogP contribution in [0.25, 0.3) is 11.0 Å². The molecule has 6 heteroatoms. The highest BCUT2D eigenvalue weighted by atomic mass is 79.9. The number of aryl methyl sites for hydroxylation is 1. The molecular formula is C10H6BBr2N3. The van der Waals surface area contributed by atoms with E-state index in [4.69, 9.17) is 13.1 Å². The molecule has 0 aliphatic heterocycles. The van der Waals surface area contributed by atoms with Gasteiger partial charge in [0, 0.05) is 11.0 Å². The highest BCUT2D eigenvalue weighted by molar-refractivity contribution is 9.13. The van der Waals surface area contributed by atoms with Gasteiger partial charge in [-0.05, 0) is 44.8 Å². The third kappa shape index (κ3) is 1.59. The molecule has 16 heavy (non-hydrogen) atoms. The van der Waals surface area contributed by atoms with Crippen LogP contribution in [0.1, 0.15) is 12.5 Å². The topological polar surface area (TPSA) is 41.6 Å². The maximum atomic E-state index is 9.12. The summed E-state index contributed by atoms with van der Waals surface area (Å²) in [5.41, 5.74) is 2.44. The molecule has 0 atom stereocenters. The molecule has 1 aromatic carbocycles. The van der Waals surface area contributed by atoms with Gasteiger partial charge in [0.15, 0.2) is 7.85 Å². The van der Waals surface area contributed by atoms with Crippen LogP contribution in [0.4, 0.5) is 0 Å². The van der Waals surface area contributed by atoms with E-state index in [2.05, 4.69) is 42.9 Å². The zero-order valence-electron chi connectivity index (χ0n) is 8.46. The van der Waals surface area contributed by atoms with Gasteiger partial charge in [0.2, 0.25) is 0 Å². The number of fused-ring (bicyclic) bond motifs is 1. The summed E-state index contributed by atoms with van der Waals surface area (Å²) in [5.74, 6) is 0. The monoisotopic (exact) mass is 337 g/mol. The van der Waals surface area contributed by atoms with E-state index in [9.17, 15) is 0 Å². The highest BCUT2D eigenvalue weighted by Crippen LogP contribution is 2.32. The first-order valence-electron chi connectivity index (χ1n) is 4.64. The minimum absolute atomic E-state index is 0.430. The molecule has 0 aliphatic rings. The number of imidazole rings is 1. The molecule has 0 N–H and O–H groups in total. The smallest absolute Gasteiger partial charge is 0.167 e. The molecule has 0 aliphatic carbocycles. The predicted molar refractivity (Wildman–Crippen MR) is 70.9 cm³/mol. The van der Waals surface area contributed by atoms with Crippen molar-refractivity contribution in [2.75, 3.05) is 0 Å². The van der Waals surface area contributed by atoms with Crippen LogP contribution in [0, 0.1) is 11.3 Å². The minimum atomic E-state index is 0.430. The summed E-state index contributed by atoms with van der Waals surface area (Å²) in [4.78, 5) is 4.22. The largest absolute Gasteiger partial charge is 0.338 e. The zero-order valence-corrected chi connectivity index (χ0v) is 11.6. The van der Waals surface area contributed by atoms with Crippen LogP contribution in [0.3, 0.4) is 0 Å². The van der Waals surface area contributed by atoms with Crippen molar-refractivity contribution >= 4 is 56.5 Å². The fraction of sp³-hybridized carbons (Fsp3) is 0.200. The fourth-order valence-electron chi connectivity index (χ4n) is 1.65. The summed E-state index contributed by atoms with van der Waals surface area (Å²) in [6, 6.07) is 4.05. The molecule has 0 spiro atoms. The van der Waals surface area contributed by atoms with Crippen molar-refractivity contribution in [2.45, 2.75) is 13.5 Å². The summed E-state index contributed by atoms with van der Waals surface area (Å²) in [5, 5.41) is 9.12. The van der Waals surface area contributed by atoms with Crippen LogP contribution in [0.5, 0.6) is 0 Å². The normalized spacial score (nSPS) is 10.6. The summed E-state index contributed by atoms with van der Waals surface area (Å²) < 4.78 is 3.40. The van der Waals surface area contributed by atoms with Crippen LogP contribution < -0.4 is 5.72 Å². The summed E-state index contributed by atoms with van der Waals surface area (Å²) >= 11 is 6.76. The van der Waals surface area contributed by atoms with Crippen molar-refractivity contribution in [3.63, 3.8) is 0 Å². The van der Waals surface area contributed by atoms with Gasteiger partial charge >= 0.3 is 0 Å². The molecule has 0 amide bonds. The Morgan fingerprint density at radius 3 is 2.81 bits per heavy atom. The van der Waals surface area contributed by atoms with Crippen LogP contribution in [-0.4, -0.2) is 17.4 Å². The van der Waals surface area contributed by atoms with Crippen LogP contribution in [-0.2, 0) is 6.54 Å². The van der Waals surface area contributed by atoms with E-state index in [1.165, 1.54) is 0 Å². The number of benzene rings is 1. The van der Waals surface area contributed by atoms with Crippen molar-refractivity contribution in [3.8, 4) is 6.07 Å². The van der Waals surface area contributed by atoms with E-state index in [0.717, 1.165) is 16.5 Å². The lowest BCUT2D eigenvalue weighted by atomic mass is 10.1. The molecule has 1 heterocycles. The number of hydrogen-bond donors (Lipinski definition) is 0. The second-order valence-corrected chi connectivity index (χ2v) is 4.89. The SMILES string of the molecule is [B]c1nc2c(C#N)c(Br)c(Br)cc2n1CC. The Morgan fingerprint density at radius 1 is 1.56 bits per heavy atom. The maximum absolute atomic E-state index is 9.12. The molecule has 0 unspecified atom stereocenters. The van der Waals surface area contributed by atoms with Crippen molar-refractivity contribution in [1.29, 1.82) is 5.26 Å². The lowest BCUT2D eigenvalue weighted by Crippen LogP contribution is -2.17. The lowest BCUT2D eigenvalue weighted by molar-refractivity contribution is 0.812. The zero-order chi connectivity index (χ0) is 11.9. The van der Waals surface area contributed by atoms with Crippen molar-refractivity contribution in [1.82, 2.24) is 9.55 Å². The average Bonchev–Trinajstić information content (AvgIpc) is 2.55. The van der Waals surface area contributed by atoms with E-state index in [0.29, 0.717) is 21.3 Å². The first-order valence-corrected chi connectivity index (χ1v) is 6.22. The summed E-state index contributed by atoms with van der Waals surface area (Å²) in [7, 11) is 5.80. The molecule has 2 rings (SSSR count). The van der Waals surface area contributed by atoms with Gasteiger partial charge in [-0.2, -0.15) is 5.26 Å². The van der Waals surface area contributed by atoms with E-state index < -0.39 is 0 Å². The van der Waals surface area contributed by atoms with Crippen molar-refractivity contribution in [3.05, 3.63) is 20.6 Å². The first kappa shape index (κ1) is 11.7. The maximum Gasteiger partial charge on any atom is 0.167 e. The molecule has 2 radical (unpaired) electrons. The first-order chi connectivity index (χ1) is 7.60. The molecule has 0 saturated carbocycles. The molecule has 0 fully saturated rings. The Kier molecular flexibility index (Phi) is 3.09. The molecule has 3 nitrogen and oxygen atoms in total. The summed E-state index contributed by atoms with van der Waals surface area (Å²) in [6.45, 7) is 2.71. The molecule has 0 bridgehead atoms. The second kappa shape index (κ2) is 4.23. The molecule has 78 valence electrons. The molecular weight excluding hydrogens is 333 g/mol. The Bertz CT molecular complexity index is 613. The third-order valence-corrected chi connectivity index (χ3v) is 4.37. The highest BCUT2D eigenvalue weighted by Gasteiger charge is 2.15. The quantitative estimate of drug-likeness (QED) is 0.748. The van der Waals surface area contributed by atoms with Crippen molar-refractivity contribution < 1.29 is 0 Å². The number of nitriles is 1. The Labute approximate surface area is 111 Å². The molecule has 1 aromatic heterocycles. The number of halogens is 2. The Balaban J connectivity index is 2.97. The van der Waals surface area contributed by atoms with Crippen LogP contribution >= 0.6 is 31.9 Å². The Morgan fingerprint density at radius 2 is 2.25 bits per heavy atom. The number of aromatic nitrogens is 2. The standard InChI is InChI=1S/C10H6BBr2N3/c1-2-16-7-3-6(12)8(13)5(4-14)9(7)15-10(16)11/h3H,2H2,1H3. The summed E-state index contributed by atoms with van der Waals surface area (Å²) in [6.07, 6.45) is 0. The van der Waals surface area contributed by atoms with Gasteiger partial charge in [-0.1, -0.05) is 0 Å². The van der Waals surface area contributed by atoms with E-state index >= 15 is 0 Å². The average molecular weight is 339 g/mol. The third-order valence-electron chi connectivity index (χ3n) is 2.39. The van der Waals surface area contributed by atoms with E-state index in [-0.39, 0.29) is 0 Å². The number of nitrogens with zero attached hydrogens (tertiary/aromatic N) is 3. The van der Waals surface area contributed by atoms with Gasteiger partial charge in [-0.15, -0.1) is 0 Å². The molecule has 2 aromatic rings. The van der Waals surface area contributed by atoms with E-state index in [1.807, 2.05) is 17.6 Å². The van der Waals surface area contributed by atoms with Gasteiger partial charge in [-0.25, -0.2) is 4.98 Å². The molecule has 0 saturated heterocycles. The van der Waals surface area contributed by atoms with Crippen LogP contribution in [0.2, 0.25) is 0 Å². The number of hydrogen-bond acceptors (Lipinski definition) is 2. The van der Waals surface area contributed by atoms with E-state index in [1.54, 1.807) is 0 Å². The van der Waals surface area contributed by atoms with Gasteiger partial charge < -0.3 is 4.57 Å². The predicted octanol–water partition coefficient (Wildman–Crippen LogP) is 2.25. The van der Waals surface area contributed by atoms with Gasteiger partial charge in [0.1, 0.15) is 11.6 Å².